The lowest BCUT2D eigenvalue weighted by molar-refractivity contribution is -0.235. The first-order chi connectivity index (χ1) is 6.39. The van der Waals surface area contributed by atoms with Gasteiger partial charge in [-0.15, -0.1) is 0 Å². The second-order valence-corrected chi connectivity index (χ2v) is 5.92. The molecular formula is C12H21NO. The summed E-state index contributed by atoms with van der Waals surface area (Å²) in [6, 6.07) is 0. The molecular weight excluding hydrogens is 174 g/mol. The highest BCUT2D eigenvalue weighted by atomic mass is 16.2. The van der Waals surface area contributed by atoms with Crippen molar-refractivity contribution in [1.29, 1.82) is 0 Å². The fourth-order valence-electron chi connectivity index (χ4n) is 3.48. The molecule has 0 aromatic heterocycles. The van der Waals surface area contributed by atoms with Crippen LogP contribution in [-0.2, 0) is 4.79 Å². The van der Waals surface area contributed by atoms with Crippen LogP contribution in [0.3, 0.4) is 0 Å². The molecule has 2 nitrogen and oxygen atoms in total. The van der Waals surface area contributed by atoms with Gasteiger partial charge < -0.3 is 4.90 Å². The molecule has 3 aliphatic carbocycles. The van der Waals surface area contributed by atoms with E-state index in [1.165, 1.54) is 19.3 Å². The van der Waals surface area contributed by atoms with Crippen LogP contribution in [0.1, 0.15) is 40.0 Å². The summed E-state index contributed by atoms with van der Waals surface area (Å²) in [6.07, 6.45) is 4.07. The van der Waals surface area contributed by atoms with Crippen molar-refractivity contribution >= 4 is 5.91 Å². The number of hydrogen-bond donors (Lipinski definition) is 0. The number of amides is 1. The molecule has 0 aliphatic heterocycles. The molecule has 3 saturated carbocycles. The van der Waals surface area contributed by atoms with Crippen LogP contribution >= 0.6 is 0 Å². The SMILES string of the molecule is CC(=O)N(C)CC12CC(C(C)C)(C1)C2. The third kappa shape index (κ3) is 1.19. The van der Waals surface area contributed by atoms with E-state index in [1.807, 2.05) is 11.9 Å². The summed E-state index contributed by atoms with van der Waals surface area (Å²) >= 11 is 0. The zero-order valence-corrected chi connectivity index (χ0v) is 9.76. The van der Waals surface area contributed by atoms with E-state index in [0.717, 1.165) is 12.5 Å². The van der Waals surface area contributed by atoms with Gasteiger partial charge >= 0.3 is 0 Å². The lowest BCUT2D eigenvalue weighted by atomic mass is 9.32. The molecule has 0 radical (unpaired) electrons. The van der Waals surface area contributed by atoms with E-state index in [9.17, 15) is 4.79 Å². The highest BCUT2D eigenvalue weighted by molar-refractivity contribution is 5.72. The molecule has 14 heavy (non-hydrogen) atoms. The Kier molecular flexibility index (Phi) is 1.96. The largest absolute Gasteiger partial charge is 0.345 e. The predicted molar refractivity (Wildman–Crippen MR) is 56.9 cm³/mol. The summed E-state index contributed by atoms with van der Waals surface area (Å²) < 4.78 is 0. The van der Waals surface area contributed by atoms with Crippen LogP contribution < -0.4 is 0 Å². The minimum Gasteiger partial charge on any atom is -0.345 e. The van der Waals surface area contributed by atoms with Crippen LogP contribution in [0.25, 0.3) is 0 Å². The zero-order chi connectivity index (χ0) is 10.6. The number of carbonyl (C=O) groups is 1. The van der Waals surface area contributed by atoms with Gasteiger partial charge in [-0.25, -0.2) is 0 Å². The van der Waals surface area contributed by atoms with Crippen LogP contribution in [0.5, 0.6) is 0 Å². The third-order valence-electron chi connectivity index (χ3n) is 4.52. The van der Waals surface area contributed by atoms with E-state index >= 15 is 0 Å². The number of carbonyl (C=O) groups excluding carboxylic acids is 1. The summed E-state index contributed by atoms with van der Waals surface area (Å²) in [7, 11) is 1.92. The second kappa shape index (κ2) is 2.74. The summed E-state index contributed by atoms with van der Waals surface area (Å²) in [5, 5.41) is 0. The van der Waals surface area contributed by atoms with Crippen molar-refractivity contribution in [1.82, 2.24) is 4.90 Å². The van der Waals surface area contributed by atoms with Crippen molar-refractivity contribution in [2.75, 3.05) is 13.6 Å². The van der Waals surface area contributed by atoms with Crippen LogP contribution in [0.2, 0.25) is 0 Å². The highest BCUT2D eigenvalue weighted by Gasteiger charge is 2.68. The maximum absolute atomic E-state index is 11.1. The van der Waals surface area contributed by atoms with Crippen molar-refractivity contribution in [2.24, 2.45) is 16.7 Å². The first-order valence-electron chi connectivity index (χ1n) is 5.61. The number of rotatable bonds is 3. The standard InChI is InChI=1S/C12H21NO/c1-9(2)12-5-11(6-12,7-12)8-13(4)10(3)14/h9H,5-8H2,1-4H3. The Bertz CT molecular complexity index is 250. The monoisotopic (exact) mass is 195 g/mol. The van der Waals surface area contributed by atoms with Gasteiger partial charge in [-0.1, -0.05) is 13.8 Å². The van der Waals surface area contributed by atoms with Gasteiger partial charge in [-0.3, -0.25) is 4.79 Å². The van der Waals surface area contributed by atoms with Crippen molar-refractivity contribution < 1.29 is 4.79 Å². The molecule has 0 aromatic rings. The van der Waals surface area contributed by atoms with Gasteiger partial charge in [0.25, 0.3) is 0 Å². The highest BCUT2D eigenvalue weighted by Crippen LogP contribution is 2.76. The molecule has 80 valence electrons. The van der Waals surface area contributed by atoms with E-state index in [1.54, 1.807) is 6.92 Å². The van der Waals surface area contributed by atoms with Crippen LogP contribution in [-0.4, -0.2) is 24.4 Å². The van der Waals surface area contributed by atoms with Crippen molar-refractivity contribution in [2.45, 2.75) is 40.0 Å². The van der Waals surface area contributed by atoms with E-state index in [0.29, 0.717) is 10.8 Å². The lowest BCUT2D eigenvalue weighted by Gasteiger charge is -2.73. The smallest absolute Gasteiger partial charge is 0.219 e. The van der Waals surface area contributed by atoms with Crippen molar-refractivity contribution in [3.63, 3.8) is 0 Å². The molecule has 3 rings (SSSR count). The molecule has 0 aromatic carbocycles. The summed E-state index contributed by atoms with van der Waals surface area (Å²) in [5.41, 5.74) is 1.18. The minimum atomic E-state index is 0.202. The number of nitrogens with zero attached hydrogens (tertiary/aromatic N) is 1. The van der Waals surface area contributed by atoms with Gasteiger partial charge in [0.2, 0.25) is 5.91 Å². The molecule has 2 bridgehead atoms. The lowest BCUT2D eigenvalue weighted by Crippen LogP contribution is -2.67. The average Bonchev–Trinajstić information content (AvgIpc) is 1.91. The van der Waals surface area contributed by atoms with Crippen molar-refractivity contribution in [3.8, 4) is 0 Å². The van der Waals surface area contributed by atoms with Crippen LogP contribution in [0.4, 0.5) is 0 Å². The normalized spacial score (nSPS) is 38.9. The maximum Gasteiger partial charge on any atom is 0.219 e. The number of hydrogen-bond acceptors (Lipinski definition) is 1. The molecule has 3 aliphatic rings. The molecule has 1 amide bonds. The van der Waals surface area contributed by atoms with E-state index in [4.69, 9.17) is 0 Å². The van der Waals surface area contributed by atoms with Crippen LogP contribution in [0.15, 0.2) is 0 Å². The first kappa shape index (κ1) is 10.0. The quantitative estimate of drug-likeness (QED) is 0.676. The Morgan fingerprint density at radius 2 is 1.86 bits per heavy atom. The maximum atomic E-state index is 11.1. The Labute approximate surface area is 86.7 Å². The minimum absolute atomic E-state index is 0.202. The fraction of sp³-hybridized carbons (Fsp3) is 0.917. The molecule has 0 atom stereocenters. The van der Waals surface area contributed by atoms with Crippen LogP contribution in [0, 0.1) is 16.7 Å². The molecule has 0 heterocycles. The summed E-state index contributed by atoms with van der Waals surface area (Å²) in [5.74, 6) is 1.03. The predicted octanol–water partition coefficient (Wildman–Crippen LogP) is 2.29. The Hall–Kier alpha value is -0.530. The molecule has 2 heteroatoms. The molecule has 0 spiro atoms. The third-order valence-corrected chi connectivity index (χ3v) is 4.52. The van der Waals surface area contributed by atoms with Gasteiger partial charge in [-0.05, 0) is 36.0 Å². The van der Waals surface area contributed by atoms with Gasteiger partial charge in [0.05, 0.1) is 0 Å². The second-order valence-electron chi connectivity index (χ2n) is 5.92. The Morgan fingerprint density at radius 1 is 1.36 bits per heavy atom. The van der Waals surface area contributed by atoms with Gasteiger partial charge in [0, 0.05) is 20.5 Å². The van der Waals surface area contributed by atoms with E-state index in [2.05, 4.69) is 13.8 Å². The Balaban J connectivity index is 1.86. The van der Waals surface area contributed by atoms with Gasteiger partial charge in [0.1, 0.15) is 0 Å². The van der Waals surface area contributed by atoms with Gasteiger partial charge in [-0.2, -0.15) is 0 Å². The summed E-state index contributed by atoms with van der Waals surface area (Å²) in [4.78, 5) is 13.0. The fourth-order valence-corrected chi connectivity index (χ4v) is 3.48. The summed E-state index contributed by atoms with van der Waals surface area (Å²) in [6.45, 7) is 7.30. The Morgan fingerprint density at radius 3 is 2.21 bits per heavy atom. The topological polar surface area (TPSA) is 20.3 Å². The molecule has 0 saturated heterocycles. The molecule has 0 unspecified atom stereocenters. The molecule has 0 N–H and O–H groups in total. The average molecular weight is 195 g/mol. The zero-order valence-electron chi connectivity index (χ0n) is 9.76. The van der Waals surface area contributed by atoms with Gasteiger partial charge in [0.15, 0.2) is 0 Å². The van der Waals surface area contributed by atoms with Crippen molar-refractivity contribution in [3.05, 3.63) is 0 Å². The van der Waals surface area contributed by atoms with E-state index in [-0.39, 0.29) is 5.91 Å². The van der Waals surface area contributed by atoms with E-state index < -0.39 is 0 Å². The first-order valence-corrected chi connectivity index (χ1v) is 5.61. The molecule has 3 fully saturated rings.